The Morgan fingerprint density at radius 1 is 0.893 bits per heavy atom. The topological polar surface area (TPSA) is 21.7 Å². The summed E-state index contributed by atoms with van der Waals surface area (Å²) in [5.41, 5.74) is 5.78. The van der Waals surface area contributed by atoms with Gasteiger partial charge in [0, 0.05) is 18.5 Å². The van der Waals surface area contributed by atoms with Crippen LogP contribution in [0.4, 0.5) is 0 Å². The number of likely N-dealkylation sites (N-methyl/N-ethyl adjacent to an activating group) is 1. The van der Waals surface area contributed by atoms with Crippen molar-refractivity contribution in [2.75, 3.05) is 27.8 Å². The maximum atomic E-state index is 5.60. The van der Waals surface area contributed by atoms with Gasteiger partial charge in [-0.15, -0.1) is 0 Å². The van der Waals surface area contributed by atoms with Crippen LogP contribution >= 0.6 is 0 Å². The van der Waals surface area contributed by atoms with Crippen LogP contribution < -0.4 is 9.47 Å². The van der Waals surface area contributed by atoms with Gasteiger partial charge in [0.15, 0.2) is 11.5 Å². The van der Waals surface area contributed by atoms with Crippen molar-refractivity contribution < 1.29 is 9.47 Å². The first-order valence-corrected chi connectivity index (χ1v) is 10.5. The Kier molecular flexibility index (Phi) is 6.66. The predicted octanol–water partition coefficient (Wildman–Crippen LogP) is 5.30. The van der Waals surface area contributed by atoms with Crippen LogP contribution in [0.15, 0.2) is 36.4 Å². The standard InChI is InChI=1S/C21H25NO2.C4H10/c1-22-11-10-15-12-19(23-2)20(24-3)13-17(15)21-16-7-5-4-6-14(16)8-9-18(21)22;1-4(2)3/h4-7,12-13,18,21H,8-11H2,1-3H3;4H,1-3H3/t18?,21-;/m1./s1. The lowest BCUT2D eigenvalue weighted by Crippen LogP contribution is -2.39. The van der Waals surface area contributed by atoms with Gasteiger partial charge < -0.3 is 14.4 Å². The SMILES string of the molecule is CC(C)C.COc1cc2c(cc1OC)[C@H]1c3ccccc3CCC1N(C)CC2. The fourth-order valence-corrected chi connectivity index (χ4v) is 4.50. The van der Waals surface area contributed by atoms with Crippen molar-refractivity contribution in [1.29, 1.82) is 0 Å². The van der Waals surface area contributed by atoms with Gasteiger partial charge >= 0.3 is 0 Å². The molecule has 1 aliphatic carbocycles. The highest BCUT2D eigenvalue weighted by atomic mass is 16.5. The summed E-state index contributed by atoms with van der Waals surface area (Å²) in [6.07, 6.45) is 3.44. The molecular weight excluding hydrogens is 346 g/mol. The Morgan fingerprint density at radius 2 is 1.54 bits per heavy atom. The summed E-state index contributed by atoms with van der Waals surface area (Å²) in [5.74, 6) is 2.92. The number of aryl methyl sites for hydroxylation is 1. The summed E-state index contributed by atoms with van der Waals surface area (Å²) in [6, 6.07) is 13.9. The molecule has 0 spiro atoms. The van der Waals surface area contributed by atoms with Crippen LogP contribution in [0, 0.1) is 5.92 Å². The normalized spacial score (nSPS) is 20.8. The van der Waals surface area contributed by atoms with Crippen LogP contribution in [-0.4, -0.2) is 38.8 Å². The van der Waals surface area contributed by atoms with Gasteiger partial charge in [0.1, 0.15) is 0 Å². The maximum absolute atomic E-state index is 5.60. The van der Waals surface area contributed by atoms with E-state index in [-0.39, 0.29) is 0 Å². The van der Waals surface area contributed by atoms with Crippen LogP contribution in [-0.2, 0) is 12.8 Å². The lowest BCUT2D eigenvalue weighted by atomic mass is 9.74. The van der Waals surface area contributed by atoms with E-state index in [0.29, 0.717) is 12.0 Å². The van der Waals surface area contributed by atoms with E-state index in [1.54, 1.807) is 14.2 Å². The molecule has 0 fully saturated rings. The summed E-state index contributed by atoms with van der Waals surface area (Å²) in [6.45, 7) is 7.59. The quantitative estimate of drug-likeness (QED) is 0.704. The fraction of sp³-hybridized carbons (Fsp3) is 0.520. The molecule has 1 aliphatic heterocycles. The van der Waals surface area contributed by atoms with Crippen LogP contribution in [0.2, 0.25) is 0 Å². The van der Waals surface area contributed by atoms with Gasteiger partial charge in [-0.1, -0.05) is 45.0 Å². The lowest BCUT2D eigenvalue weighted by Gasteiger charge is -2.38. The zero-order chi connectivity index (χ0) is 20.3. The first-order chi connectivity index (χ1) is 13.5. The molecule has 152 valence electrons. The van der Waals surface area contributed by atoms with Crippen molar-refractivity contribution in [2.45, 2.75) is 52.0 Å². The summed E-state index contributed by atoms with van der Waals surface area (Å²) < 4.78 is 11.1. The third-order valence-electron chi connectivity index (χ3n) is 5.76. The van der Waals surface area contributed by atoms with Crippen molar-refractivity contribution >= 4 is 0 Å². The average Bonchev–Trinajstić information content (AvgIpc) is 2.83. The van der Waals surface area contributed by atoms with Crippen molar-refractivity contribution in [3.63, 3.8) is 0 Å². The molecule has 0 aromatic heterocycles. The average molecular weight is 382 g/mol. The summed E-state index contributed by atoms with van der Waals surface area (Å²) >= 11 is 0. The first-order valence-electron chi connectivity index (χ1n) is 10.5. The second kappa shape index (κ2) is 9.00. The summed E-state index contributed by atoms with van der Waals surface area (Å²) in [7, 11) is 5.71. The van der Waals surface area contributed by atoms with Crippen LogP contribution in [0.5, 0.6) is 11.5 Å². The molecule has 2 aliphatic rings. The van der Waals surface area contributed by atoms with Gasteiger partial charge in [-0.3, -0.25) is 0 Å². The van der Waals surface area contributed by atoms with Crippen LogP contribution in [0.3, 0.4) is 0 Å². The number of ether oxygens (including phenoxy) is 2. The minimum atomic E-state index is 0.414. The number of benzene rings is 2. The number of nitrogens with zero attached hydrogens (tertiary/aromatic N) is 1. The molecular formula is C25H35NO2. The molecule has 0 N–H and O–H groups in total. The maximum Gasteiger partial charge on any atom is 0.161 e. The number of fused-ring (bicyclic) bond motifs is 5. The molecule has 0 bridgehead atoms. The number of methoxy groups -OCH3 is 2. The molecule has 2 aromatic carbocycles. The minimum absolute atomic E-state index is 0.414. The second-order valence-electron chi connectivity index (χ2n) is 8.65. The van der Waals surface area contributed by atoms with Crippen molar-refractivity contribution in [2.24, 2.45) is 5.92 Å². The third-order valence-corrected chi connectivity index (χ3v) is 5.76. The van der Waals surface area contributed by atoms with E-state index < -0.39 is 0 Å². The highest BCUT2D eigenvalue weighted by Crippen LogP contribution is 2.45. The lowest BCUT2D eigenvalue weighted by molar-refractivity contribution is 0.214. The van der Waals surface area contributed by atoms with Gasteiger partial charge in [0.25, 0.3) is 0 Å². The first kappa shape index (κ1) is 20.7. The fourth-order valence-electron chi connectivity index (χ4n) is 4.50. The van der Waals surface area contributed by atoms with Crippen molar-refractivity contribution in [1.82, 2.24) is 4.90 Å². The van der Waals surface area contributed by atoms with E-state index in [0.717, 1.165) is 30.4 Å². The van der Waals surface area contributed by atoms with E-state index in [4.69, 9.17) is 9.47 Å². The Hall–Kier alpha value is -2.00. The van der Waals surface area contributed by atoms with E-state index >= 15 is 0 Å². The largest absolute Gasteiger partial charge is 0.493 e. The number of rotatable bonds is 2. The Labute approximate surface area is 170 Å². The minimum Gasteiger partial charge on any atom is -0.493 e. The Bertz CT molecular complexity index is 796. The highest BCUT2D eigenvalue weighted by Gasteiger charge is 2.36. The van der Waals surface area contributed by atoms with Crippen molar-refractivity contribution in [3.05, 3.63) is 58.7 Å². The van der Waals surface area contributed by atoms with E-state index in [9.17, 15) is 0 Å². The second-order valence-corrected chi connectivity index (χ2v) is 8.65. The molecule has 2 atom stereocenters. The molecule has 0 saturated carbocycles. The molecule has 0 amide bonds. The van der Waals surface area contributed by atoms with Gasteiger partial charge in [-0.05, 0) is 66.6 Å². The number of hydrogen-bond acceptors (Lipinski definition) is 3. The molecule has 2 aromatic rings. The molecule has 3 nitrogen and oxygen atoms in total. The van der Waals surface area contributed by atoms with E-state index in [2.05, 4.69) is 69.1 Å². The highest BCUT2D eigenvalue weighted by molar-refractivity contribution is 5.53. The molecule has 1 unspecified atom stereocenters. The smallest absolute Gasteiger partial charge is 0.161 e. The monoisotopic (exact) mass is 381 g/mol. The molecule has 3 heteroatoms. The molecule has 4 rings (SSSR count). The van der Waals surface area contributed by atoms with Gasteiger partial charge in [0.05, 0.1) is 14.2 Å². The Morgan fingerprint density at radius 3 is 2.21 bits per heavy atom. The van der Waals surface area contributed by atoms with Crippen LogP contribution in [0.25, 0.3) is 0 Å². The van der Waals surface area contributed by atoms with Gasteiger partial charge in [0.2, 0.25) is 0 Å². The van der Waals surface area contributed by atoms with Gasteiger partial charge in [-0.2, -0.15) is 0 Å². The number of hydrogen-bond donors (Lipinski definition) is 0. The van der Waals surface area contributed by atoms with Gasteiger partial charge in [-0.25, -0.2) is 0 Å². The summed E-state index contributed by atoms with van der Waals surface area (Å²) in [5, 5.41) is 0. The Balaban J connectivity index is 0.000000516. The van der Waals surface area contributed by atoms with E-state index in [1.165, 1.54) is 35.1 Å². The molecule has 28 heavy (non-hydrogen) atoms. The molecule has 1 heterocycles. The molecule has 0 radical (unpaired) electrons. The zero-order valence-corrected chi connectivity index (χ0v) is 18.3. The zero-order valence-electron chi connectivity index (χ0n) is 18.3. The summed E-state index contributed by atoms with van der Waals surface area (Å²) in [4.78, 5) is 2.54. The third kappa shape index (κ3) is 4.20. The predicted molar refractivity (Wildman–Crippen MR) is 117 cm³/mol. The molecule has 0 saturated heterocycles. The van der Waals surface area contributed by atoms with Crippen LogP contribution in [0.1, 0.15) is 55.4 Å². The van der Waals surface area contributed by atoms with E-state index in [1.807, 2.05) is 0 Å². The van der Waals surface area contributed by atoms with Crippen molar-refractivity contribution in [3.8, 4) is 11.5 Å².